The van der Waals surface area contributed by atoms with Gasteiger partial charge in [-0.3, -0.25) is 14.4 Å². The number of hydrogen-bond donors (Lipinski definition) is 1. The molecule has 0 radical (unpaired) electrons. The molecular weight excluding hydrogens is 370 g/mol. The van der Waals surface area contributed by atoms with Crippen molar-refractivity contribution in [3.05, 3.63) is 71.3 Å². The first-order valence-corrected chi connectivity index (χ1v) is 8.49. The molecule has 0 heterocycles. The third-order valence-electron chi connectivity index (χ3n) is 3.85. The third kappa shape index (κ3) is 5.87. The number of esters is 1. The minimum atomic E-state index is -1.10. The minimum Gasteiger partial charge on any atom is -0.451 e. The highest BCUT2D eigenvalue weighted by atomic mass is 19.1. The fourth-order valence-electron chi connectivity index (χ4n) is 2.48. The summed E-state index contributed by atoms with van der Waals surface area (Å²) >= 11 is 0. The number of nitrogens with one attached hydrogen (secondary N) is 1. The summed E-state index contributed by atoms with van der Waals surface area (Å²) in [6.07, 6.45) is -1.10. The van der Waals surface area contributed by atoms with Crippen molar-refractivity contribution in [1.29, 1.82) is 0 Å². The Morgan fingerprint density at radius 2 is 1.82 bits per heavy atom. The summed E-state index contributed by atoms with van der Waals surface area (Å²) in [7, 11) is 1.50. The van der Waals surface area contributed by atoms with Gasteiger partial charge in [-0.15, -0.1) is 0 Å². The van der Waals surface area contributed by atoms with Crippen molar-refractivity contribution < 1.29 is 27.9 Å². The number of halogens is 2. The lowest BCUT2D eigenvalue weighted by atomic mass is 10.2. The molecule has 28 heavy (non-hydrogen) atoms. The molecule has 0 aromatic heterocycles. The Labute approximate surface area is 161 Å². The molecule has 0 aliphatic rings. The zero-order valence-electron chi connectivity index (χ0n) is 15.4. The van der Waals surface area contributed by atoms with Crippen molar-refractivity contribution in [3.8, 4) is 0 Å². The second-order valence-electron chi connectivity index (χ2n) is 6.12. The Balaban J connectivity index is 1.83. The van der Waals surface area contributed by atoms with E-state index in [1.807, 2.05) is 0 Å². The molecule has 2 rings (SSSR count). The number of carbonyl (C=O) groups is 3. The van der Waals surface area contributed by atoms with Crippen molar-refractivity contribution in [2.24, 2.45) is 0 Å². The lowest BCUT2D eigenvalue weighted by Gasteiger charge is -2.21. The van der Waals surface area contributed by atoms with Crippen LogP contribution in [0.2, 0.25) is 0 Å². The first kappa shape index (κ1) is 21.0. The van der Waals surface area contributed by atoms with Gasteiger partial charge in [-0.1, -0.05) is 24.3 Å². The van der Waals surface area contributed by atoms with Gasteiger partial charge in [0.2, 0.25) is 0 Å². The Hall–Kier alpha value is -3.29. The van der Waals surface area contributed by atoms with Crippen LogP contribution < -0.4 is 5.32 Å². The van der Waals surface area contributed by atoms with E-state index < -0.39 is 42.1 Å². The maximum absolute atomic E-state index is 13.5. The number of benzene rings is 2. The van der Waals surface area contributed by atoms with Crippen LogP contribution in [0.1, 0.15) is 22.8 Å². The zero-order valence-corrected chi connectivity index (χ0v) is 15.4. The standard InChI is InChI=1S/C20H20F2N2O4/c1-13(20(27)24(2)12-14-6-5-7-15(21)10-14)28-18(25)11-23-19(26)16-8-3-4-9-17(16)22/h3-10,13H,11-12H2,1-2H3,(H,23,26). The van der Waals surface area contributed by atoms with Gasteiger partial charge in [0, 0.05) is 13.6 Å². The molecule has 0 aliphatic carbocycles. The predicted molar refractivity (Wildman–Crippen MR) is 97.2 cm³/mol. The van der Waals surface area contributed by atoms with Crippen LogP contribution in [0.15, 0.2) is 48.5 Å². The number of hydrogen-bond acceptors (Lipinski definition) is 4. The highest BCUT2D eigenvalue weighted by molar-refractivity contribution is 5.96. The highest BCUT2D eigenvalue weighted by Gasteiger charge is 2.22. The Bertz CT molecular complexity index is 873. The molecule has 1 atom stereocenters. The maximum Gasteiger partial charge on any atom is 0.326 e. The Morgan fingerprint density at radius 1 is 1.11 bits per heavy atom. The third-order valence-corrected chi connectivity index (χ3v) is 3.85. The first-order valence-electron chi connectivity index (χ1n) is 8.49. The molecule has 0 saturated heterocycles. The number of nitrogens with zero attached hydrogens (tertiary/aromatic N) is 1. The van der Waals surface area contributed by atoms with Crippen LogP contribution in [-0.2, 0) is 20.9 Å². The molecular formula is C20H20F2N2O4. The number of likely N-dealkylation sites (N-methyl/N-ethyl adjacent to an activating group) is 1. The zero-order chi connectivity index (χ0) is 20.7. The van der Waals surface area contributed by atoms with E-state index in [0.717, 1.165) is 6.07 Å². The number of carbonyl (C=O) groups excluding carboxylic acids is 3. The highest BCUT2D eigenvalue weighted by Crippen LogP contribution is 2.09. The molecule has 0 bridgehead atoms. The fourth-order valence-corrected chi connectivity index (χ4v) is 2.48. The Morgan fingerprint density at radius 3 is 2.50 bits per heavy atom. The van der Waals surface area contributed by atoms with Crippen LogP contribution in [0.3, 0.4) is 0 Å². The van der Waals surface area contributed by atoms with Crippen LogP contribution in [0.5, 0.6) is 0 Å². The largest absolute Gasteiger partial charge is 0.451 e. The lowest BCUT2D eigenvalue weighted by Crippen LogP contribution is -2.39. The van der Waals surface area contributed by atoms with Crippen LogP contribution in [0.25, 0.3) is 0 Å². The molecule has 8 heteroatoms. The van der Waals surface area contributed by atoms with Gasteiger partial charge in [0.05, 0.1) is 5.56 Å². The van der Waals surface area contributed by atoms with Crippen LogP contribution in [0, 0.1) is 11.6 Å². The second-order valence-corrected chi connectivity index (χ2v) is 6.12. The number of rotatable bonds is 7. The molecule has 2 aromatic rings. The summed E-state index contributed by atoms with van der Waals surface area (Å²) in [6.45, 7) is 1.02. The smallest absolute Gasteiger partial charge is 0.326 e. The average Bonchev–Trinajstić information content (AvgIpc) is 2.65. The summed E-state index contributed by atoms with van der Waals surface area (Å²) < 4.78 is 31.7. The van der Waals surface area contributed by atoms with Crippen LogP contribution in [-0.4, -0.2) is 42.4 Å². The monoisotopic (exact) mass is 390 g/mol. The molecule has 1 unspecified atom stereocenters. The second kappa shape index (κ2) is 9.59. The summed E-state index contributed by atoms with van der Waals surface area (Å²) in [5, 5.41) is 2.24. The van der Waals surface area contributed by atoms with Gasteiger partial charge in [0.15, 0.2) is 6.10 Å². The fraction of sp³-hybridized carbons (Fsp3) is 0.250. The summed E-state index contributed by atoms with van der Waals surface area (Å²) in [4.78, 5) is 37.3. The quantitative estimate of drug-likeness (QED) is 0.736. The SMILES string of the molecule is CC(OC(=O)CNC(=O)c1ccccc1F)C(=O)N(C)Cc1cccc(F)c1. The van der Waals surface area contributed by atoms with E-state index in [1.165, 1.54) is 55.3 Å². The molecule has 0 spiro atoms. The van der Waals surface area contributed by atoms with E-state index in [1.54, 1.807) is 6.07 Å². The molecule has 0 aliphatic heterocycles. The molecule has 2 amide bonds. The number of ether oxygens (including phenoxy) is 1. The maximum atomic E-state index is 13.5. The normalized spacial score (nSPS) is 11.4. The van der Waals surface area contributed by atoms with Gasteiger partial charge in [0.25, 0.3) is 11.8 Å². The van der Waals surface area contributed by atoms with Crippen molar-refractivity contribution in [2.45, 2.75) is 19.6 Å². The average molecular weight is 390 g/mol. The van der Waals surface area contributed by atoms with Gasteiger partial charge >= 0.3 is 5.97 Å². The molecule has 2 aromatic carbocycles. The van der Waals surface area contributed by atoms with E-state index >= 15 is 0 Å². The Kier molecular flexibility index (Phi) is 7.20. The summed E-state index contributed by atoms with van der Waals surface area (Å²) in [5.74, 6) is -3.22. The van der Waals surface area contributed by atoms with Crippen LogP contribution >= 0.6 is 0 Å². The molecule has 148 valence electrons. The van der Waals surface area contributed by atoms with Gasteiger partial charge in [-0.25, -0.2) is 8.78 Å². The molecule has 6 nitrogen and oxygen atoms in total. The topological polar surface area (TPSA) is 75.7 Å². The van der Waals surface area contributed by atoms with E-state index in [9.17, 15) is 23.2 Å². The van der Waals surface area contributed by atoms with Gasteiger partial charge in [-0.2, -0.15) is 0 Å². The molecule has 0 saturated carbocycles. The van der Waals surface area contributed by atoms with Crippen molar-refractivity contribution in [3.63, 3.8) is 0 Å². The van der Waals surface area contributed by atoms with E-state index in [2.05, 4.69) is 5.32 Å². The predicted octanol–water partition coefficient (Wildman–Crippen LogP) is 2.28. The van der Waals surface area contributed by atoms with Crippen molar-refractivity contribution in [1.82, 2.24) is 10.2 Å². The molecule has 0 fully saturated rings. The van der Waals surface area contributed by atoms with Gasteiger partial charge < -0.3 is 15.0 Å². The van der Waals surface area contributed by atoms with E-state index in [0.29, 0.717) is 5.56 Å². The summed E-state index contributed by atoms with van der Waals surface area (Å²) in [5.41, 5.74) is 0.390. The first-order chi connectivity index (χ1) is 13.3. The van der Waals surface area contributed by atoms with Gasteiger partial charge in [0.1, 0.15) is 18.2 Å². The van der Waals surface area contributed by atoms with Crippen molar-refractivity contribution >= 4 is 17.8 Å². The van der Waals surface area contributed by atoms with Gasteiger partial charge in [-0.05, 0) is 36.8 Å². The minimum absolute atomic E-state index is 0.141. The van der Waals surface area contributed by atoms with E-state index in [4.69, 9.17) is 4.74 Å². The van der Waals surface area contributed by atoms with E-state index in [-0.39, 0.29) is 12.1 Å². The van der Waals surface area contributed by atoms with Crippen LogP contribution in [0.4, 0.5) is 8.78 Å². The molecule has 1 N–H and O–H groups in total. The number of amides is 2. The van der Waals surface area contributed by atoms with Crippen molar-refractivity contribution in [2.75, 3.05) is 13.6 Å². The summed E-state index contributed by atoms with van der Waals surface area (Å²) in [6, 6.07) is 11.1. The lowest BCUT2D eigenvalue weighted by molar-refractivity contribution is -0.157.